The molecule has 1 aliphatic carbocycles. The number of quaternary nitrogens is 1. The normalized spacial score (nSPS) is 30.4. The van der Waals surface area contributed by atoms with E-state index in [-0.39, 0.29) is 5.72 Å². The van der Waals surface area contributed by atoms with Crippen molar-refractivity contribution >= 4 is 5.71 Å². The smallest absolute Gasteiger partial charge is 0.276 e. The van der Waals surface area contributed by atoms with E-state index in [1.807, 2.05) is 12.1 Å². The number of rotatable bonds is 4. The Bertz CT molecular complexity index is 684. The molecule has 0 aromatic heterocycles. The van der Waals surface area contributed by atoms with E-state index < -0.39 is 0 Å². The minimum atomic E-state index is -0.244. The zero-order valence-electron chi connectivity index (χ0n) is 15.3. The molecule has 25 heavy (non-hydrogen) atoms. The number of hydrogen-bond donors (Lipinski definition) is 0. The van der Waals surface area contributed by atoms with Gasteiger partial charge in [0, 0.05) is 12.0 Å². The van der Waals surface area contributed by atoms with Crippen LogP contribution in [-0.4, -0.2) is 63.5 Å². The third-order valence-corrected chi connectivity index (χ3v) is 6.26. The van der Waals surface area contributed by atoms with Gasteiger partial charge >= 0.3 is 0 Å². The van der Waals surface area contributed by atoms with Crippen molar-refractivity contribution in [1.82, 2.24) is 0 Å². The summed E-state index contributed by atoms with van der Waals surface area (Å²) in [5, 5.41) is 4.58. The van der Waals surface area contributed by atoms with Crippen molar-refractivity contribution in [2.75, 3.05) is 47.6 Å². The third kappa shape index (κ3) is 2.42. The maximum atomic E-state index is 6.24. The fourth-order valence-electron chi connectivity index (χ4n) is 4.73. The lowest BCUT2D eigenvalue weighted by atomic mass is 9.87. The van der Waals surface area contributed by atoms with Crippen LogP contribution in [0.25, 0.3) is 0 Å². The van der Waals surface area contributed by atoms with Crippen LogP contribution in [0.4, 0.5) is 0 Å². The topological polar surface area (TPSA) is 49.3 Å². The molecule has 2 heterocycles. The van der Waals surface area contributed by atoms with Gasteiger partial charge in [0.25, 0.3) is 5.72 Å². The molecule has 1 aromatic carbocycles. The first-order valence-electron chi connectivity index (χ1n) is 9.04. The zero-order chi connectivity index (χ0) is 17.5. The molecule has 4 rings (SSSR count). The Morgan fingerprint density at radius 1 is 1.16 bits per heavy atom. The van der Waals surface area contributed by atoms with E-state index in [1.165, 1.54) is 6.42 Å². The summed E-state index contributed by atoms with van der Waals surface area (Å²) >= 11 is 0. The van der Waals surface area contributed by atoms with Gasteiger partial charge in [0.1, 0.15) is 24.7 Å². The summed E-state index contributed by atoms with van der Waals surface area (Å²) in [6, 6.07) is 6.00. The van der Waals surface area contributed by atoms with Crippen LogP contribution < -0.4 is 9.47 Å². The largest absolute Gasteiger partial charge is 0.493 e. The first kappa shape index (κ1) is 16.7. The molecule has 1 saturated heterocycles. The van der Waals surface area contributed by atoms with Crippen LogP contribution in [0.3, 0.4) is 0 Å². The maximum absolute atomic E-state index is 6.24. The fourth-order valence-corrected chi connectivity index (χ4v) is 4.73. The molecule has 0 N–H and O–H groups in total. The van der Waals surface area contributed by atoms with Gasteiger partial charge < -0.3 is 19.0 Å². The van der Waals surface area contributed by atoms with Crippen LogP contribution in [0.2, 0.25) is 0 Å². The average molecular weight is 347 g/mol. The van der Waals surface area contributed by atoms with Gasteiger partial charge in [0.2, 0.25) is 0 Å². The van der Waals surface area contributed by atoms with Crippen LogP contribution in [0, 0.1) is 5.92 Å². The monoisotopic (exact) mass is 347 g/mol. The highest BCUT2D eigenvalue weighted by Gasteiger charge is 2.64. The molecule has 2 atom stereocenters. The number of morpholine rings is 1. The summed E-state index contributed by atoms with van der Waals surface area (Å²) in [5.41, 5.74) is 1.86. The summed E-state index contributed by atoms with van der Waals surface area (Å²) < 4.78 is 17.3. The van der Waals surface area contributed by atoms with Crippen LogP contribution in [0.1, 0.15) is 24.8 Å². The van der Waals surface area contributed by atoms with Gasteiger partial charge in [-0.2, -0.15) is 0 Å². The second kappa shape index (κ2) is 6.18. The van der Waals surface area contributed by atoms with Gasteiger partial charge in [-0.15, -0.1) is 0 Å². The van der Waals surface area contributed by atoms with E-state index in [1.54, 1.807) is 14.2 Å². The Kier molecular flexibility index (Phi) is 4.12. The third-order valence-electron chi connectivity index (χ3n) is 6.26. The average Bonchev–Trinajstić information content (AvgIpc) is 3.22. The molecular weight excluding hydrogens is 320 g/mol. The second-order valence-electron chi connectivity index (χ2n) is 7.38. The van der Waals surface area contributed by atoms with Crippen LogP contribution in [0.5, 0.6) is 11.5 Å². The Morgan fingerprint density at radius 2 is 1.92 bits per heavy atom. The number of ether oxygens (including phenoxy) is 3. The van der Waals surface area contributed by atoms with Crippen molar-refractivity contribution in [2.45, 2.75) is 25.0 Å². The maximum Gasteiger partial charge on any atom is 0.276 e. The van der Waals surface area contributed by atoms with Gasteiger partial charge in [-0.3, -0.25) is 4.48 Å². The second-order valence-corrected chi connectivity index (χ2v) is 7.38. The lowest BCUT2D eigenvalue weighted by Gasteiger charge is -2.48. The quantitative estimate of drug-likeness (QED) is 0.785. The minimum absolute atomic E-state index is 0.244. The van der Waals surface area contributed by atoms with Crippen molar-refractivity contribution < 1.29 is 23.5 Å². The van der Waals surface area contributed by atoms with E-state index in [4.69, 9.17) is 19.0 Å². The van der Waals surface area contributed by atoms with E-state index in [2.05, 4.69) is 18.3 Å². The van der Waals surface area contributed by atoms with Crippen molar-refractivity contribution in [1.29, 1.82) is 0 Å². The molecule has 2 fully saturated rings. The van der Waals surface area contributed by atoms with Gasteiger partial charge in [-0.25, -0.2) is 0 Å². The Labute approximate surface area is 148 Å². The first-order valence-corrected chi connectivity index (χ1v) is 9.04. The van der Waals surface area contributed by atoms with Crippen molar-refractivity contribution in [3.05, 3.63) is 23.8 Å². The molecule has 136 valence electrons. The lowest BCUT2D eigenvalue weighted by Crippen LogP contribution is -2.67. The predicted molar refractivity (Wildman–Crippen MR) is 94.0 cm³/mol. The molecule has 0 bridgehead atoms. The van der Waals surface area contributed by atoms with Crippen molar-refractivity contribution in [2.24, 2.45) is 11.1 Å². The Balaban J connectivity index is 1.67. The summed E-state index contributed by atoms with van der Waals surface area (Å²) in [4.78, 5) is 6.24. The molecule has 0 spiro atoms. The van der Waals surface area contributed by atoms with Crippen LogP contribution >= 0.6 is 0 Å². The highest BCUT2D eigenvalue weighted by molar-refractivity contribution is 6.04. The molecule has 1 saturated carbocycles. The van der Waals surface area contributed by atoms with Gasteiger partial charge in [-0.1, -0.05) is 5.16 Å². The highest BCUT2D eigenvalue weighted by atomic mass is 16.7. The molecule has 0 radical (unpaired) electrons. The van der Waals surface area contributed by atoms with Gasteiger partial charge in [-0.05, 0) is 31.0 Å². The lowest BCUT2D eigenvalue weighted by molar-refractivity contribution is -0.991. The molecule has 3 aliphatic rings. The van der Waals surface area contributed by atoms with E-state index in [0.29, 0.717) is 5.92 Å². The van der Waals surface area contributed by atoms with E-state index in [0.717, 1.165) is 66.4 Å². The van der Waals surface area contributed by atoms with E-state index in [9.17, 15) is 0 Å². The number of hydrogen-bond acceptors (Lipinski definition) is 5. The fraction of sp³-hybridized carbons (Fsp3) is 0.632. The van der Waals surface area contributed by atoms with E-state index >= 15 is 0 Å². The highest BCUT2D eigenvalue weighted by Crippen LogP contribution is 2.50. The van der Waals surface area contributed by atoms with Crippen LogP contribution in [-0.2, 0) is 9.57 Å². The predicted octanol–water partition coefficient (Wildman–Crippen LogP) is 2.41. The number of methoxy groups -OCH3 is 2. The van der Waals surface area contributed by atoms with Crippen molar-refractivity contribution in [3.63, 3.8) is 0 Å². The number of benzene rings is 1. The molecule has 1 aromatic rings. The minimum Gasteiger partial charge on any atom is -0.493 e. The molecule has 2 aliphatic heterocycles. The summed E-state index contributed by atoms with van der Waals surface area (Å²) in [5.74, 6) is 1.77. The standard InChI is InChI=1S/C19H27N2O4/c1-21(9-11-24-12-10-21)19-8-4-5-15(19)18(20-25-19)14-6-7-16(22-2)17(13-14)23-3/h6-7,13,15H,4-5,8-12H2,1-3H3/q+1. The summed E-state index contributed by atoms with van der Waals surface area (Å²) in [7, 11) is 5.61. The number of fused-ring (bicyclic) bond motifs is 1. The molecule has 6 nitrogen and oxygen atoms in total. The SMILES string of the molecule is COc1ccc(C2=NOC3([N+]4(C)CCOCC4)CCCC23)cc1OC. The number of oxime groups is 1. The van der Waals surface area contributed by atoms with Gasteiger partial charge in [0.05, 0.1) is 34.5 Å². The van der Waals surface area contributed by atoms with Gasteiger partial charge in [0.15, 0.2) is 11.5 Å². The van der Waals surface area contributed by atoms with Crippen LogP contribution in [0.15, 0.2) is 23.4 Å². The molecule has 6 heteroatoms. The zero-order valence-corrected chi connectivity index (χ0v) is 15.3. The molecular formula is C19H27N2O4+. The number of nitrogens with zero attached hydrogens (tertiary/aromatic N) is 2. The van der Waals surface area contributed by atoms with Crippen molar-refractivity contribution in [3.8, 4) is 11.5 Å². The first-order chi connectivity index (χ1) is 12.1. The number of likely N-dealkylation sites (N-methyl/N-ethyl adjacent to an activating group) is 1. The summed E-state index contributed by atoms with van der Waals surface area (Å²) in [6.45, 7) is 3.54. The molecule has 0 amide bonds. The summed E-state index contributed by atoms with van der Waals surface area (Å²) in [6.07, 6.45) is 3.34. The molecule has 2 unspecified atom stereocenters. The Morgan fingerprint density at radius 3 is 2.64 bits per heavy atom. The Hall–Kier alpha value is -1.79.